The second-order valence-corrected chi connectivity index (χ2v) is 8.66. The first-order valence-electron chi connectivity index (χ1n) is 7.03. The molecular formula is C15H13ClN2O4S2. The number of nitrogens with zero attached hydrogens (tertiary/aromatic N) is 2. The number of sulfonamides is 1. The lowest BCUT2D eigenvalue weighted by Crippen LogP contribution is -2.30. The van der Waals surface area contributed by atoms with Gasteiger partial charge in [-0.3, -0.25) is 10.1 Å². The average Bonchev–Trinajstić information content (AvgIpc) is 3.06. The molecule has 0 amide bonds. The van der Waals surface area contributed by atoms with Gasteiger partial charge in [0.25, 0.3) is 5.69 Å². The van der Waals surface area contributed by atoms with Gasteiger partial charge >= 0.3 is 0 Å². The lowest BCUT2D eigenvalue weighted by Gasteiger charge is -2.23. The van der Waals surface area contributed by atoms with Crippen molar-refractivity contribution in [3.05, 3.63) is 69.2 Å². The molecule has 0 unspecified atom stereocenters. The van der Waals surface area contributed by atoms with E-state index in [9.17, 15) is 18.5 Å². The minimum atomic E-state index is -3.83. The molecule has 1 aliphatic rings. The number of nitro groups is 1. The molecule has 0 bridgehead atoms. The molecule has 0 saturated carbocycles. The maximum atomic E-state index is 12.9. The molecule has 3 rings (SSSR count). The molecule has 126 valence electrons. The fraction of sp³-hybridized carbons (Fsp3) is 0.200. The Morgan fingerprint density at radius 3 is 2.58 bits per heavy atom. The summed E-state index contributed by atoms with van der Waals surface area (Å²) in [6, 6.07) is 12.1. The Balaban J connectivity index is 1.97. The highest BCUT2D eigenvalue weighted by molar-refractivity contribution is 8.01. The van der Waals surface area contributed by atoms with Gasteiger partial charge in [-0.2, -0.15) is 4.31 Å². The number of rotatable bonds is 4. The SMILES string of the molecule is O=[N+]([O-])c1cccc(S(=O)(=O)N2CCS[C@H]2c2ccc(Cl)cc2)c1. The van der Waals surface area contributed by atoms with Crippen molar-refractivity contribution in [1.29, 1.82) is 0 Å². The number of thioether (sulfide) groups is 1. The van der Waals surface area contributed by atoms with Crippen LogP contribution in [0.4, 0.5) is 5.69 Å². The number of benzene rings is 2. The molecule has 1 aliphatic heterocycles. The molecule has 0 radical (unpaired) electrons. The number of non-ortho nitro benzene ring substituents is 1. The first-order chi connectivity index (χ1) is 11.4. The first kappa shape index (κ1) is 17.2. The van der Waals surface area contributed by atoms with Gasteiger partial charge in [0.2, 0.25) is 10.0 Å². The fourth-order valence-corrected chi connectivity index (χ4v) is 5.89. The van der Waals surface area contributed by atoms with Crippen LogP contribution in [0.15, 0.2) is 53.4 Å². The van der Waals surface area contributed by atoms with Crippen LogP contribution in [0.3, 0.4) is 0 Å². The van der Waals surface area contributed by atoms with Crippen molar-refractivity contribution in [3.63, 3.8) is 0 Å². The fourth-order valence-electron chi connectivity index (χ4n) is 2.48. The van der Waals surface area contributed by atoms with Crippen LogP contribution in [0, 0.1) is 10.1 Å². The normalized spacial score (nSPS) is 18.6. The smallest absolute Gasteiger partial charge is 0.258 e. The van der Waals surface area contributed by atoms with Crippen LogP contribution in [0.2, 0.25) is 5.02 Å². The summed E-state index contributed by atoms with van der Waals surface area (Å²) in [4.78, 5) is 10.2. The Bertz CT molecular complexity index is 871. The molecular weight excluding hydrogens is 372 g/mol. The van der Waals surface area contributed by atoms with E-state index >= 15 is 0 Å². The van der Waals surface area contributed by atoms with E-state index in [-0.39, 0.29) is 16.0 Å². The third kappa shape index (κ3) is 3.27. The van der Waals surface area contributed by atoms with Crippen molar-refractivity contribution in [3.8, 4) is 0 Å². The molecule has 0 spiro atoms. The number of halogens is 1. The molecule has 2 aromatic rings. The highest BCUT2D eigenvalue weighted by Crippen LogP contribution is 2.41. The predicted octanol–water partition coefficient (Wildman–Crippen LogP) is 3.68. The highest BCUT2D eigenvalue weighted by Gasteiger charge is 2.37. The summed E-state index contributed by atoms with van der Waals surface area (Å²) in [5, 5.41) is 11.1. The van der Waals surface area contributed by atoms with Gasteiger partial charge in [-0.25, -0.2) is 8.42 Å². The predicted molar refractivity (Wildman–Crippen MR) is 93.6 cm³/mol. The molecule has 0 N–H and O–H groups in total. The minimum absolute atomic E-state index is 0.0711. The summed E-state index contributed by atoms with van der Waals surface area (Å²) >= 11 is 7.40. The maximum Gasteiger partial charge on any atom is 0.270 e. The van der Waals surface area contributed by atoms with Gasteiger partial charge in [0, 0.05) is 29.5 Å². The molecule has 1 atom stereocenters. The second-order valence-electron chi connectivity index (χ2n) is 5.14. The van der Waals surface area contributed by atoms with Gasteiger partial charge in [-0.1, -0.05) is 29.8 Å². The zero-order valence-electron chi connectivity index (χ0n) is 12.3. The van der Waals surface area contributed by atoms with E-state index in [2.05, 4.69) is 0 Å². The highest BCUT2D eigenvalue weighted by atomic mass is 35.5. The standard InChI is InChI=1S/C15H13ClN2O4S2/c16-12-6-4-11(5-7-12)15-17(8-9-23-15)24(21,22)14-3-1-2-13(10-14)18(19)20/h1-7,10,15H,8-9H2/t15-/m0/s1. The third-order valence-electron chi connectivity index (χ3n) is 3.64. The Labute approximate surface area is 148 Å². The van der Waals surface area contributed by atoms with Gasteiger partial charge in [0.05, 0.1) is 15.2 Å². The van der Waals surface area contributed by atoms with E-state index in [0.29, 0.717) is 17.3 Å². The number of hydrogen-bond acceptors (Lipinski definition) is 5. The van der Waals surface area contributed by atoms with Crippen molar-refractivity contribution in [2.24, 2.45) is 0 Å². The van der Waals surface area contributed by atoms with Gasteiger partial charge in [-0.15, -0.1) is 11.8 Å². The Kier molecular flexibility index (Phi) is 4.82. The summed E-state index contributed by atoms with van der Waals surface area (Å²) in [5.74, 6) is 0.654. The van der Waals surface area contributed by atoms with Crippen LogP contribution in [-0.4, -0.2) is 29.9 Å². The van der Waals surface area contributed by atoms with Gasteiger partial charge < -0.3 is 0 Å². The van der Waals surface area contributed by atoms with Crippen molar-refractivity contribution < 1.29 is 13.3 Å². The van der Waals surface area contributed by atoms with E-state index < -0.39 is 14.9 Å². The lowest BCUT2D eigenvalue weighted by molar-refractivity contribution is -0.385. The van der Waals surface area contributed by atoms with Crippen LogP contribution in [-0.2, 0) is 10.0 Å². The molecule has 0 aromatic heterocycles. The molecule has 6 nitrogen and oxygen atoms in total. The molecule has 24 heavy (non-hydrogen) atoms. The van der Waals surface area contributed by atoms with E-state index in [0.717, 1.165) is 11.6 Å². The van der Waals surface area contributed by atoms with E-state index in [1.54, 1.807) is 24.3 Å². The number of hydrogen-bond donors (Lipinski definition) is 0. The van der Waals surface area contributed by atoms with Crippen molar-refractivity contribution in [1.82, 2.24) is 4.31 Å². The van der Waals surface area contributed by atoms with Crippen LogP contribution < -0.4 is 0 Å². The van der Waals surface area contributed by atoms with E-state index in [1.165, 1.54) is 34.3 Å². The molecule has 0 aliphatic carbocycles. The molecule has 1 fully saturated rings. The largest absolute Gasteiger partial charge is 0.270 e. The van der Waals surface area contributed by atoms with Crippen LogP contribution in [0.25, 0.3) is 0 Å². The molecule has 2 aromatic carbocycles. The summed E-state index contributed by atoms with van der Waals surface area (Å²) < 4.78 is 27.2. The Morgan fingerprint density at radius 2 is 1.92 bits per heavy atom. The summed E-state index contributed by atoms with van der Waals surface area (Å²) in [6.45, 7) is 0.350. The van der Waals surface area contributed by atoms with Crippen LogP contribution in [0.1, 0.15) is 10.9 Å². The van der Waals surface area contributed by atoms with E-state index in [1.807, 2.05) is 0 Å². The molecule has 1 saturated heterocycles. The van der Waals surface area contributed by atoms with Crippen LogP contribution in [0.5, 0.6) is 0 Å². The monoisotopic (exact) mass is 384 g/mol. The van der Waals surface area contributed by atoms with Gasteiger partial charge in [0.1, 0.15) is 0 Å². The first-order valence-corrected chi connectivity index (χ1v) is 9.89. The van der Waals surface area contributed by atoms with E-state index in [4.69, 9.17) is 11.6 Å². The third-order valence-corrected chi connectivity index (χ3v) is 7.15. The Morgan fingerprint density at radius 1 is 1.21 bits per heavy atom. The quantitative estimate of drug-likeness (QED) is 0.593. The summed E-state index contributed by atoms with van der Waals surface area (Å²) in [6.07, 6.45) is 0. The zero-order chi connectivity index (χ0) is 17.3. The van der Waals surface area contributed by atoms with Crippen LogP contribution >= 0.6 is 23.4 Å². The number of nitro benzene ring substituents is 1. The summed E-state index contributed by atoms with van der Waals surface area (Å²) in [7, 11) is -3.83. The van der Waals surface area contributed by atoms with Crippen molar-refractivity contribution >= 4 is 39.1 Å². The zero-order valence-corrected chi connectivity index (χ0v) is 14.7. The minimum Gasteiger partial charge on any atom is -0.258 e. The molecule has 1 heterocycles. The van der Waals surface area contributed by atoms with Gasteiger partial charge in [-0.05, 0) is 23.8 Å². The van der Waals surface area contributed by atoms with Crippen molar-refractivity contribution in [2.45, 2.75) is 10.3 Å². The van der Waals surface area contributed by atoms with Gasteiger partial charge in [0.15, 0.2) is 0 Å². The Hall–Kier alpha value is -1.61. The molecule has 9 heteroatoms. The van der Waals surface area contributed by atoms with Crippen molar-refractivity contribution in [2.75, 3.05) is 12.3 Å². The summed E-state index contributed by atoms with van der Waals surface area (Å²) in [5.41, 5.74) is 0.585. The topological polar surface area (TPSA) is 80.5 Å². The average molecular weight is 385 g/mol. The lowest BCUT2D eigenvalue weighted by atomic mass is 10.2. The maximum absolute atomic E-state index is 12.9. The second kappa shape index (κ2) is 6.72.